The molecule has 2 aromatic rings. The second kappa shape index (κ2) is 7.09. The Morgan fingerprint density at radius 3 is 2.52 bits per heavy atom. The number of amides is 1. The average Bonchev–Trinajstić information content (AvgIpc) is 2.49. The van der Waals surface area contributed by atoms with Gasteiger partial charge in [-0.2, -0.15) is 8.78 Å². The first kappa shape index (κ1) is 16.7. The van der Waals surface area contributed by atoms with Crippen molar-refractivity contribution in [2.45, 2.75) is 20.5 Å². The molecule has 0 radical (unpaired) electrons. The second-order valence-electron chi connectivity index (χ2n) is 4.95. The number of nitrogens with one attached hydrogen (secondary N) is 1. The molecule has 2 rings (SSSR count). The van der Waals surface area contributed by atoms with Crippen molar-refractivity contribution >= 4 is 11.6 Å². The van der Waals surface area contributed by atoms with Crippen LogP contribution in [0.1, 0.15) is 21.5 Å². The van der Waals surface area contributed by atoms with Crippen LogP contribution >= 0.6 is 0 Å². The van der Waals surface area contributed by atoms with Gasteiger partial charge in [-0.3, -0.25) is 4.79 Å². The van der Waals surface area contributed by atoms with Gasteiger partial charge in [0.05, 0.1) is 7.11 Å². The Labute approximate surface area is 133 Å². The van der Waals surface area contributed by atoms with Gasteiger partial charge in [0.1, 0.15) is 0 Å². The summed E-state index contributed by atoms with van der Waals surface area (Å²) in [5, 5.41) is 2.67. The molecule has 23 heavy (non-hydrogen) atoms. The van der Waals surface area contributed by atoms with E-state index in [0.717, 1.165) is 11.1 Å². The van der Waals surface area contributed by atoms with Crippen molar-refractivity contribution < 1.29 is 23.0 Å². The van der Waals surface area contributed by atoms with Gasteiger partial charge in [-0.25, -0.2) is 0 Å². The molecule has 0 fully saturated rings. The van der Waals surface area contributed by atoms with Gasteiger partial charge >= 0.3 is 6.61 Å². The molecule has 1 amide bonds. The number of anilines is 1. The smallest absolute Gasteiger partial charge is 0.387 e. The minimum absolute atomic E-state index is 0.138. The molecule has 0 heterocycles. The Morgan fingerprint density at radius 2 is 1.87 bits per heavy atom. The lowest BCUT2D eigenvalue weighted by atomic mass is 10.0. The first-order chi connectivity index (χ1) is 10.9. The summed E-state index contributed by atoms with van der Waals surface area (Å²) in [6.45, 7) is 0.784. The summed E-state index contributed by atoms with van der Waals surface area (Å²) in [4.78, 5) is 12.3. The Bertz CT molecular complexity index is 717. The lowest BCUT2D eigenvalue weighted by Gasteiger charge is -2.13. The van der Waals surface area contributed by atoms with E-state index >= 15 is 0 Å². The van der Waals surface area contributed by atoms with Crippen molar-refractivity contribution in [3.05, 3.63) is 53.1 Å². The highest BCUT2D eigenvalue weighted by Gasteiger charge is 2.14. The largest absolute Gasteiger partial charge is 0.493 e. The summed E-state index contributed by atoms with van der Waals surface area (Å²) in [5.41, 5.74) is 2.72. The maximum Gasteiger partial charge on any atom is 0.387 e. The first-order valence-electron chi connectivity index (χ1n) is 6.92. The highest BCUT2D eigenvalue weighted by molar-refractivity contribution is 6.05. The summed E-state index contributed by atoms with van der Waals surface area (Å²) in [7, 11) is 1.35. The van der Waals surface area contributed by atoms with Gasteiger partial charge < -0.3 is 14.8 Å². The third-order valence-electron chi connectivity index (χ3n) is 3.49. The number of hydrogen-bond donors (Lipinski definition) is 1. The van der Waals surface area contributed by atoms with E-state index in [-0.39, 0.29) is 17.4 Å². The third kappa shape index (κ3) is 3.97. The molecule has 0 aliphatic rings. The second-order valence-corrected chi connectivity index (χ2v) is 4.95. The van der Waals surface area contributed by atoms with Gasteiger partial charge in [-0.15, -0.1) is 0 Å². The normalized spacial score (nSPS) is 10.5. The molecule has 6 heteroatoms. The van der Waals surface area contributed by atoms with Crippen molar-refractivity contribution in [1.29, 1.82) is 0 Å². The molecular formula is C17H17F2NO3. The number of ether oxygens (including phenoxy) is 2. The molecule has 0 aliphatic carbocycles. The van der Waals surface area contributed by atoms with Gasteiger partial charge in [0.15, 0.2) is 11.5 Å². The predicted molar refractivity (Wildman–Crippen MR) is 83.5 cm³/mol. The zero-order valence-corrected chi connectivity index (χ0v) is 13.0. The van der Waals surface area contributed by atoms with Crippen LogP contribution in [0.25, 0.3) is 0 Å². The number of rotatable bonds is 5. The van der Waals surface area contributed by atoms with Gasteiger partial charge in [0.25, 0.3) is 5.91 Å². The number of carbonyl (C=O) groups is 1. The van der Waals surface area contributed by atoms with Gasteiger partial charge in [-0.1, -0.05) is 12.1 Å². The zero-order chi connectivity index (χ0) is 17.0. The zero-order valence-electron chi connectivity index (χ0n) is 13.0. The Kier molecular flexibility index (Phi) is 5.16. The van der Waals surface area contributed by atoms with Gasteiger partial charge in [-0.05, 0) is 43.2 Å². The summed E-state index contributed by atoms with van der Waals surface area (Å²) in [5.74, 6) is -0.296. The predicted octanol–water partition coefficient (Wildman–Crippen LogP) is 4.17. The topological polar surface area (TPSA) is 47.6 Å². The van der Waals surface area contributed by atoms with E-state index in [1.54, 1.807) is 18.2 Å². The quantitative estimate of drug-likeness (QED) is 0.899. The van der Waals surface area contributed by atoms with Crippen LogP contribution in [0.2, 0.25) is 0 Å². The van der Waals surface area contributed by atoms with E-state index in [0.29, 0.717) is 11.3 Å². The molecule has 0 saturated heterocycles. The summed E-state index contributed by atoms with van der Waals surface area (Å²) in [6.07, 6.45) is 0. The molecule has 0 atom stereocenters. The molecule has 0 saturated carbocycles. The number of benzene rings is 2. The minimum atomic E-state index is -2.98. The number of alkyl halides is 2. The number of methoxy groups -OCH3 is 1. The van der Waals surface area contributed by atoms with Crippen molar-refractivity contribution in [3.8, 4) is 11.5 Å². The van der Waals surface area contributed by atoms with Crippen LogP contribution in [0.5, 0.6) is 11.5 Å². The first-order valence-corrected chi connectivity index (χ1v) is 6.92. The van der Waals surface area contributed by atoms with E-state index in [9.17, 15) is 13.6 Å². The van der Waals surface area contributed by atoms with Crippen LogP contribution in [0.3, 0.4) is 0 Å². The molecule has 122 valence electrons. The number of hydrogen-bond acceptors (Lipinski definition) is 3. The van der Waals surface area contributed by atoms with E-state index in [4.69, 9.17) is 4.74 Å². The third-order valence-corrected chi connectivity index (χ3v) is 3.49. The van der Waals surface area contributed by atoms with Crippen LogP contribution in [-0.4, -0.2) is 19.6 Å². The molecule has 2 aromatic carbocycles. The molecule has 0 unspecified atom stereocenters. The molecule has 0 aromatic heterocycles. The number of aryl methyl sites for hydroxylation is 1. The Balaban J connectivity index is 2.25. The lowest BCUT2D eigenvalue weighted by molar-refractivity contribution is -0.0511. The maximum atomic E-state index is 12.4. The molecule has 0 spiro atoms. The average molecular weight is 321 g/mol. The fourth-order valence-corrected chi connectivity index (χ4v) is 2.14. The molecule has 0 bridgehead atoms. The molecule has 4 nitrogen and oxygen atoms in total. The van der Waals surface area contributed by atoms with Crippen LogP contribution in [0, 0.1) is 13.8 Å². The Morgan fingerprint density at radius 1 is 1.13 bits per heavy atom. The van der Waals surface area contributed by atoms with Crippen molar-refractivity contribution in [2.24, 2.45) is 0 Å². The SMILES string of the molecule is COc1ccc(NC(=O)c2cccc(C)c2C)cc1OC(F)F. The van der Waals surface area contributed by atoms with Crippen LogP contribution in [-0.2, 0) is 0 Å². The van der Waals surface area contributed by atoms with E-state index in [1.807, 2.05) is 19.9 Å². The molecule has 1 N–H and O–H groups in total. The summed E-state index contributed by atoms with van der Waals surface area (Å²) in [6, 6.07) is 9.72. The standard InChI is InChI=1S/C17H17F2NO3/c1-10-5-4-6-13(11(10)2)16(21)20-12-7-8-14(22-3)15(9-12)23-17(18)19/h4-9,17H,1-3H3,(H,20,21). The fraction of sp³-hybridized carbons (Fsp3) is 0.235. The summed E-state index contributed by atoms with van der Waals surface area (Å²) < 4.78 is 34.2. The molecule has 0 aliphatic heterocycles. The van der Waals surface area contributed by atoms with Crippen LogP contribution in [0.4, 0.5) is 14.5 Å². The number of carbonyl (C=O) groups excluding carboxylic acids is 1. The fourth-order valence-electron chi connectivity index (χ4n) is 2.14. The van der Waals surface area contributed by atoms with Crippen LogP contribution < -0.4 is 14.8 Å². The lowest BCUT2D eigenvalue weighted by Crippen LogP contribution is -2.14. The maximum absolute atomic E-state index is 12.4. The Hall–Kier alpha value is -2.63. The van der Waals surface area contributed by atoms with E-state index in [1.165, 1.54) is 19.2 Å². The van der Waals surface area contributed by atoms with Gasteiger partial charge in [0, 0.05) is 17.3 Å². The van der Waals surface area contributed by atoms with E-state index in [2.05, 4.69) is 10.1 Å². The number of halogens is 2. The van der Waals surface area contributed by atoms with Crippen molar-refractivity contribution in [2.75, 3.05) is 12.4 Å². The van der Waals surface area contributed by atoms with Gasteiger partial charge in [0.2, 0.25) is 0 Å². The monoisotopic (exact) mass is 321 g/mol. The van der Waals surface area contributed by atoms with Crippen LogP contribution in [0.15, 0.2) is 36.4 Å². The summed E-state index contributed by atoms with van der Waals surface area (Å²) >= 11 is 0. The minimum Gasteiger partial charge on any atom is -0.493 e. The van der Waals surface area contributed by atoms with Crippen molar-refractivity contribution in [3.63, 3.8) is 0 Å². The molecular weight excluding hydrogens is 304 g/mol. The van der Waals surface area contributed by atoms with Crippen molar-refractivity contribution in [1.82, 2.24) is 0 Å². The highest BCUT2D eigenvalue weighted by atomic mass is 19.3. The van der Waals surface area contributed by atoms with E-state index < -0.39 is 6.61 Å². The highest BCUT2D eigenvalue weighted by Crippen LogP contribution is 2.31.